The van der Waals surface area contributed by atoms with Gasteiger partial charge in [-0.25, -0.2) is 0 Å². The van der Waals surface area contributed by atoms with Crippen LogP contribution in [0.1, 0.15) is 226 Å². The molecule has 0 aliphatic heterocycles. The molecule has 0 aromatic rings. The van der Waals surface area contributed by atoms with E-state index in [1.807, 2.05) is 0 Å². The molecule has 0 amide bonds. The number of rotatable bonds is 46. The molecule has 6 nitrogen and oxygen atoms in total. The Hall–Kier alpha value is -3.93. The molecule has 0 N–H and O–H groups in total. The smallest absolute Gasteiger partial charge is 0.306 e. The number of esters is 3. The normalized spacial score (nSPS) is 13.0. The van der Waals surface area contributed by atoms with E-state index in [0.29, 0.717) is 19.3 Å². The zero-order chi connectivity index (χ0) is 47.2. The first kappa shape index (κ1) is 61.1. The van der Waals surface area contributed by atoms with Crippen LogP contribution in [0.2, 0.25) is 0 Å². The van der Waals surface area contributed by atoms with Crippen molar-refractivity contribution in [3.05, 3.63) is 109 Å². The summed E-state index contributed by atoms with van der Waals surface area (Å²) >= 11 is 0. The van der Waals surface area contributed by atoms with E-state index in [4.69, 9.17) is 14.2 Å². The highest BCUT2D eigenvalue weighted by Crippen LogP contribution is 2.12. The largest absolute Gasteiger partial charge is 0.462 e. The maximum Gasteiger partial charge on any atom is 0.306 e. The highest BCUT2D eigenvalue weighted by Gasteiger charge is 2.19. The fourth-order valence-electron chi connectivity index (χ4n) is 6.69. The van der Waals surface area contributed by atoms with Crippen molar-refractivity contribution in [1.82, 2.24) is 0 Å². The van der Waals surface area contributed by atoms with Crippen LogP contribution in [0, 0.1) is 0 Å². The molecule has 0 spiro atoms. The number of carbonyl (C=O) groups is 3. The van der Waals surface area contributed by atoms with E-state index < -0.39 is 6.10 Å². The van der Waals surface area contributed by atoms with Crippen LogP contribution in [0.15, 0.2) is 109 Å². The summed E-state index contributed by atoms with van der Waals surface area (Å²) in [6.45, 7) is 6.44. The van der Waals surface area contributed by atoms with Gasteiger partial charge >= 0.3 is 17.9 Å². The van der Waals surface area contributed by atoms with Crippen LogP contribution in [0.25, 0.3) is 0 Å². The van der Waals surface area contributed by atoms with E-state index in [1.54, 1.807) is 0 Å². The van der Waals surface area contributed by atoms with Crippen molar-refractivity contribution in [1.29, 1.82) is 0 Å². The molecule has 0 bridgehead atoms. The molecule has 0 aromatic carbocycles. The van der Waals surface area contributed by atoms with E-state index in [2.05, 4.69) is 130 Å². The standard InChI is InChI=1S/C59H96O6/c1-4-7-10-13-16-19-22-24-26-28-29-31-33-35-38-40-43-46-49-52-58(61)64-55-56(65-59(62)53-50-47-44-41-36-21-18-15-12-9-6-3)54-63-57(60)51-48-45-42-39-37-34-32-30-27-25-23-20-17-14-11-8-5-2/h15-20,24-27,29,31-32,34-35,38-39,42,56H,4-14,21-23,28,30,33,36-37,40-41,43-55H2,1-3H3/b18-15-,19-16-,20-17-,26-24-,27-25-,31-29-,34-32-,38-35-,42-39-/t56-/m0/s1. The Labute approximate surface area is 400 Å². The molecule has 0 saturated heterocycles. The summed E-state index contributed by atoms with van der Waals surface area (Å²) in [5, 5.41) is 0. The van der Waals surface area contributed by atoms with Gasteiger partial charge in [-0.05, 0) is 122 Å². The van der Waals surface area contributed by atoms with E-state index in [0.717, 1.165) is 103 Å². The molecular weight excluding hydrogens is 805 g/mol. The van der Waals surface area contributed by atoms with Gasteiger partial charge in [-0.3, -0.25) is 14.4 Å². The van der Waals surface area contributed by atoms with Crippen molar-refractivity contribution >= 4 is 17.9 Å². The molecule has 0 heterocycles. The average molecular weight is 901 g/mol. The Morgan fingerprint density at radius 3 is 1.00 bits per heavy atom. The summed E-state index contributed by atoms with van der Waals surface area (Å²) < 4.78 is 16.7. The van der Waals surface area contributed by atoms with Gasteiger partial charge in [0.25, 0.3) is 0 Å². The van der Waals surface area contributed by atoms with Crippen molar-refractivity contribution in [3.63, 3.8) is 0 Å². The van der Waals surface area contributed by atoms with E-state index in [9.17, 15) is 14.4 Å². The lowest BCUT2D eigenvalue weighted by Gasteiger charge is -2.18. The lowest BCUT2D eigenvalue weighted by Crippen LogP contribution is -2.30. The van der Waals surface area contributed by atoms with E-state index >= 15 is 0 Å². The van der Waals surface area contributed by atoms with Crippen LogP contribution in [0.5, 0.6) is 0 Å². The Morgan fingerprint density at radius 1 is 0.308 bits per heavy atom. The fourth-order valence-corrected chi connectivity index (χ4v) is 6.69. The number of unbranched alkanes of at least 4 members (excludes halogenated alkanes) is 17. The Bertz CT molecular complexity index is 1360. The Balaban J connectivity index is 4.51. The zero-order valence-electron chi connectivity index (χ0n) is 42.0. The SMILES string of the molecule is CCCC/C=C\CCCCCCCC(=O)O[C@@H](COC(=O)CCC/C=C\C/C=C\C/C=C\C/C=C\CCCCC)COC(=O)CCCCC/C=C\C/C=C\C/C=C\C/C=C\CCCCC. The second-order valence-corrected chi connectivity index (χ2v) is 17.1. The molecule has 65 heavy (non-hydrogen) atoms. The lowest BCUT2D eigenvalue weighted by atomic mass is 10.1. The number of hydrogen-bond donors (Lipinski definition) is 0. The van der Waals surface area contributed by atoms with Gasteiger partial charge in [0, 0.05) is 19.3 Å². The molecule has 6 heteroatoms. The molecule has 0 aliphatic carbocycles. The van der Waals surface area contributed by atoms with Gasteiger partial charge in [0.2, 0.25) is 0 Å². The third-order valence-corrected chi connectivity index (χ3v) is 10.7. The Morgan fingerprint density at radius 2 is 0.585 bits per heavy atom. The molecule has 0 fully saturated rings. The van der Waals surface area contributed by atoms with Crippen LogP contribution in [0.3, 0.4) is 0 Å². The minimum atomic E-state index is -0.819. The number of ether oxygens (including phenoxy) is 3. The third kappa shape index (κ3) is 50.9. The summed E-state index contributed by atoms with van der Waals surface area (Å²) in [7, 11) is 0. The summed E-state index contributed by atoms with van der Waals surface area (Å²) in [4.78, 5) is 37.9. The number of allylic oxidation sites excluding steroid dienone is 18. The fraction of sp³-hybridized carbons (Fsp3) is 0.644. The van der Waals surface area contributed by atoms with Gasteiger partial charge in [-0.2, -0.15) is 0 Å². The Kier molecular flexibility index (Phi) is 49.5. The lowest BCUT2D eigenvalue weighted by molar-refractivity contribution is -0.167. The first-order valence-electron chi connectivity index (χ1n) is 26.4. The van der Waals surface area contributed by atoms with Crippen LogP contribution in [0.4, 0.5) is 0 Å². The quantitative estimate of drug-likeness (QED) is 0.0262. The van der Waals surface area contributed by atoms with Crippen LogP contribution in [-0.4, -0.2) is 37.2 Å². The van der Waals surface area contributed by atoms with Crippen molar-refractivity contribution in [2.24, 2.45) is 0 Å². The summed E-state index contributed by atoms with van der Waals surface area (Å²) in [6, 6.07) is 0. The zero-order valence-corrected chi connectivity index (χ0v) is 42.0. The van der Waals surface area contributed by atoms with Gasteiger partial charge < -0.3 is 14.2 Å². The topological polar surface area (TPSA) is 78.9 Å². The van der Waals surface area contributed by atoms with Crippen LogP contribution in [-0.2, 0) is 28.6 Å². The maximum absolute atomic E-state index is 12.8. The molecule has 0 rings (SSSR count). The third-order valence-electron chi connectivity index (χ3n) is 10.7. The van der Waals surface area contributed by atoms with Crippen molar-refractivity contribution in [2.45, 2.75) is 232 Å². The first-order valence-corrected chi connectivity index (χ1v) is 26.4. The summed E-state index contributed by atoms with van der Waals surface area (Å²) in [5.74, 6) is -1.02. The van der Waals surface area contributed by atoms with Crippen LogP contribution >= 0.6 is 0 Å². The maximum atomic E-state index is 12.8. The van der Waals surface area contributed by atoms with Crippen molar-refractivity contribution < 1.29 is 28.6 Å². The molecule has 1 atom stereocenters. The van der Waals surface area contributed by atoms with Gasteiger partial charge in [-0.15, -0.1) is 0 Å². The summed E-state index contributed by atoms with van der Waals surface area (Å²) in [5.41, 5.74) is 0. The van der Waals surface area contributed by atoms with Crippen LogP contribution < -0.4 is 0 Å². The van der Waals surface area contributed by atoms with Gasteiger partial charge in [-0.1, -0.05) is 194 Å². The molecule has 0 unspecified atom stereocenters. The second kappa shape index (κ2) is 52.7. The van der Waals surface area contributed by atoms with E-state index in [-0.39, 0.29) is 37.5 Å². The molecule has 0 aromatic heterocycles. The van der Waals surface area contributed by atoms with Gasteiger partial charge in [0.1, 0.15) is 13.2 Å². The molecule has 368 valence electrons. The minimum absolute atomic E-state index is 0.117. The van der Waals surface area contributed by atoms with Crippen molar-refractivity contribution in [3.8, 4) is 0 Å². The molecule has 0 radical (unpaired) electrons. The predicted molar refractivity (Wildman–Crippen MR) is 279 cm³/mol. The first-order chi connectivity index (χ1) is 32.0. The second-order valence-electron chi connectivity index (χ2n) is 17.1. The van der Waals surface area contributed by atoms with Gasteiger partial charge in [0.15, 0.2) is 6.10 Å². The van der Waals surface area contributed by atoms with Crippen molar-refractivity contribution in [2.75, 3.05) is 13.2 Å². The average Bonchev–Trinajstić information content (AvgIpc) is 3.30. The molecular formula is C59H96O6. The monoisotopic (exact) mass is 901 g/mol. The van der Waals surface area contributed by atoms with E-state index in [1.165, 1.54) is 77.0 Å². The summed E-state index contributed by atoms with van der Waals surface area (Å²) in [6.07, 6.45) is 70.8. The number of carbonyl (C=O) groups excluding carboxylic acids is 3. The number of hydrogen-bond acceptors (Lipinski definition) is 6. The minimum Gasteiger partial charge on any atom is -0.462 e. The van der Waals surface area contributed by atoms with Gasteiger partial charge in [0.05, 0.1) is 0 Å². The molecule has 0 saturated carbocycles. The highest BCUT2D eigenvalue weighted by atomic mass is 16.6. The predicted octanol–water partition coefficient (Wildman–Crippen LogP) is 17.5. The molecule has 0 aliphatic rings. The highest BCUT2D eigenvalue weighted by molar-refractivity contribution is 5.71.